The van der Waals surface area contributed by atoms with E-state index in [0.29, 0.717) is 21.9 Å². The highest BCUT2D eigenvalue weighted by atomic mass is 32.2. The summed E-state index contributed by atoms with van der Waals surface area (Å²) in [6.45, 7) is 3.79. The number of amides is 3. The monoisotopic (exact) mass is 438 g/mol. The first-order chi connectivity index (χ1) is 14.9. The third-order valence-electron chi connectivity index (χ3n) is 5.63. The van der Waals surface area contributed by atoms with E-state index in [1.807, 2.05) is 4.90 Å². The number of piperidine rings is 1. The number of hydrogen-bond donors (Lipinski definition) is 0. The van der Waals surface area contributed by atoms with Gasteiger partial charge in [0.15, 0.2) is 0 Å². The molecule has 0 unspecified atom stereocenters. The minimum Gasteiger partial charge on any atom is -0.339 e. The molecule has 3 amide bonds. The van der Waals surface area contributed by atoms with Gasteiger partial charge in [0.1, 0.15) is 5.82 Å². The highest BCUT2D eigenvalue weighted by Gasteiger charge is 2.35. The molecule has 0 atom stereocenters. The molecule has 2 aromatic rings. The number of rotatable bonds is 4. The summed E-state index contributed by atoms with van der Waals surface area (Å²) in [5.41, 5.74) is 1.91. The van der Waals surface area contributed by atoms with Crippen LogP contribution in [0.4, 0.5) is 9.18 Å². The van der Waals surface area contributed by atoms with Crippen molar-refractivity contribution in [3.63, 3.8) is 0 Å². The first-order valence-corrected chi connectivity index (χ1v) is 11.1. The average Bonchev–Trinajstić information content (AvgIpc) is 3.02. The van der Waals surface area contributed by atoms with Gasteiger partial charge in [-0.05, 0) is 72.0 Å². The Hall–Kier alpha value is -2.93. The van der Waals surface area contributed by atoms with Crippen LogP contribution in [0.25, 0.3) is 6.08 Å². The largest absolute Gasteiger partial charge is 0.339 e. The molecule has 2 aliphatic heterocycles. The van der Waals surface area contributed by atoms with Gasteiger partial charge in [0.05, 0.1) is 11.4 Å². The predicted molar refractivity (Wildman–Crippen MR) is 119 cm³/mol. The zero-order chi connectivity index (χ0) is 22.0. The van der Waals surface area contributed by atoms with Crippen molar-refractivity contribution in [2.45, 2.75) is 26.3 Å². The van der Waals surface area contributed by atoms with Crippen LogP contribution in [-0.2, 0) is 11.3 Å². The van der Waals surface area contributed by atoms with Gasteiger partial charge in [0.2, 0.25) is 0 Å². The van der Waals surface area contributed by atoms with Gasteiger partial charge in [-0.15, -0.1) is 0 Å². The van der Waals surface area contributed by atoms with Crippen LogP contribution in [0.2, 0.25) is 0 Å². The molecule has 2 aromatic carbocycles. The number of benzene rings is 2. The van der Waals surface area contributed by atoms with E-state index >= 15 is 0 Å². The Morgan fingerprint density at radius 1 is 1.13 bits per heavy atom. The summed E-state index contributed by atoms with van der Waals surface area (Å²) >= 11 is 0.863. The summed E-state index contributed by atoms with van der Waals surface area (Å²) in [5.74, 6) is -0.132. The van der Waals surface area contributed by atoms with Gasteiger partial charge >= 0.3 is 0 Å². The molecule has 160 valence electrons. The Bertz CT molecular complexity index is 1040. The quantitative estimate of drug-likeness (QED) is 0.635. The van der Waals surface area contributed by atoms with Crippen molar-refractivity contribution < 1.29 is 18.8 Å². The van der Waals surface area contributed by atoms with Crippen LogP contribution in [0.5, 0.6) is 0 Å². The Balaban J connectivity index is 1.44. The molecule has 2 aliphatic rings. The molecular formula is C24H23FN2O3S. The third kappa shape index (κ3) is 4.88. The second-order valence-corrected chi connectivity index (χ2v) is 8.99. The summed E-state index contributed by atoms with van der Waals surface area (Å²) < 4.78 is 13.4. The highest BCUT2D eigenvalue weighted by Crippen LogP contribution is 2.33. The number of carbonyl (C=O) groups is 3. The molecule has 5 nitrogen and oxygen atoms in total. The number of hydrogen-bond acceptors (Lipinski definition) is 4. The van der Waals surface area contributed by atoms with E-state index in [-0.39, 0.29) is 17.7 Å². The fourth-order valence-corrected chi connectivity index (χ4v) is 4.56. The highest BCUT2D eigenvalue weighted by molar-refractivity contribution is 8.18. The third-order valence-corrected chi connectivity index (χ3v) is 6.54. The van der Waals surface area contributed by atoms with E-state index in [4.69, 9.17) is 0 Å². The van der Waals surface area contributed by atoms with E-state index in [1.165, 1.54) is 12.1 Å². The lowest BCUT2D eigenvalue weighted by atomic mass is 9.98. The molecule has 7 heteroatoms. The van der Waals surface area contributed by atoms with Gasteiger partial charge in [-0.2, -0.15) is 0 Å². The smallest absolute Gasteiger partial charge is 0.293 e. The Labute approximate surface area is 184 Å². The van der Waals surface area contributed by atoms with Gasteiger partial charge in [0.25, 0.3) is 17.1 Å². The van der Waals surface area contributed by atoms with Gasteiger partial charge in [-0.3, -0.25) is 19.3 Å². The second kappa shape index (κ2) is 9.06. The van der Waals surface area contributed by atoms with Crippen LogP contribution >= 0.6 is 11.8 Å². The standard InChI is InChI=1S/C24H23FN2O3S/c1-16-9-11-26(12-10-16)22(28)19-7-5-17(6-8-19)14-21-23(29)27(24(30)31-21)15-18-3-2-4-20(25)13-18/h2-8,13-14,16H,9-12,15H2,1H3/b21-14-. The zero-order valence-electron chi connectivity index (χ0n) is 17.2. The van der Waals surface area contributed by atoms with Crippen molar-refractivity contribution in [1.82, 2.24) is 9.80 Å². The Morgan fingerprint density at radius 2 is 1.84 bits per heavy atom. The van der Waals surface area contributed by atoms with Crippen molar-refractivity contribution in [3.05, 3.63) is 75.9 Å². The molecule has 2 fully saturated rings. The molecule has 0 bridgehead atoms. The molecule has 2 saturated heterocycles. The van der Waals surface area contributed by atoms with Crippen LogP contribution in [0.1, 0.15) is 41.3 Å². The van der Waals surface area contributed by atoms with Crippen LogP contribution in [0.15, 0.2) is 53.4 Å². The zero-order valence-corrected chi connectivity index (χ0v) is 18.0. The van der Waals surface area contributed by atoms with Crippen LogP contribution in [-0.4, -0.2) is 39.9 Å². The molecule has 0 N–H and O–H groups in total. The van der Waals surface area contributed by atoms with Crippen molar-refractivity contribution in [3.8, 4) is 0 Å². The lowest BCUT2D eigenvalue weighted by Gasteiger charge is -2.30. The van der Waals surface area contributed by atoms with E-state index in [2.05, 4.69) is 6.92 Å². The van der Waals surface area contributed by atoms with Gasteiger partial charge in [0, 0.05) is 18.7 Å². The van der Waals surface area contributed by atoms with Crippen molar-refractivity contribution in [2.75, 3.05) is 13.1 Å². The number of nitrogens with zero attached hydrogens (tertiary/aromatic N) is 2. The minimum absolute atomic E-state index is 0.0221. The molecular weight excluding hydrogens is 415 g/mol. The fourth-order valence-electron chi connectivity index (χ4n) is 3.72. The number of likely N-dealkylation sites (tertiary alicyclic amines) is 1. The van der Waals surface area contributed by atoms with E-state index < -0.39 is 11.7 Å². The van der Waals surface area contributed by atoms with E-state index in [1.54, 1.807) is 42.5 Å². The van der Waals surface area contributed by atoms with Crippen molar-refractivity contribution >= 4 is 34.9 Å². The van der Waals surface area contributed by atoms with E-state index in [0.717, 1.165) is 48.2 Å². The molecule has 31 heavy (non-hydrogen) atoms. The summed E-state index contributed by atoms with van der Waals surface area (Å²) in [6.07, 6.45) is 3.69. The maximum Gasteiger partial charge on any atom is 0.293 e. The summed E-state index contributed by atoms with van der Waals surface area (Å²) in [5, 5.41) is -0.383. The molecule has 0 aromatic heterocycles. The number of imide groups is 1. The molecule has 4 rings (SSSR count). The fraction of sp³-hybridized carbons (Fsp3) is 0.292. The number of carbonyl (C=O) groups excluding carboxylic acids is 3. The van der Waals surface area contributed by atoms with Crippen LogP contribution in [0, 0.1) is 11.7 Å². The number of halogens is 1. The first-order valence-electron chi connectivity index (χ1n) is 10.3. The summed E-state index contributed by atoms with van der Waals surface area (Å²) in [6, 6.07) is 12.9. The number of thioether (sulfide) groups is 1. The second-order valence-electron chi connectivity index (χ2n) is 7.99. The molecule has 0 saturated carbocycles. The lowest BCUT2D eigenvalue weighted by Crippen LogP contribution is -2.37. The predicted octanol–water partition coefficient (Wildman–Crippen LogP) is 4.93. The Kier molecular flexibility index (Phi) is 6.23. The van der Waals surface area contributed by atoms with Gasteiger partial charge in [-0.1, -0.05) is 31.2 Å². The SMILES string of the molecule is CC1CCN(C(=O)c2ccc(/C=C3\SC(=O)N(Cc4cccc(F)c4)C3=O)cc2)CC1. The van der Waals surface area contributed by atoms with Crippen molar-refractivity contribution in [2.24, 2.45) is 5.92 Å². The molecule has 0 aliphatic carbocycles. The summed E-state index contributed by atoms with van der Waals surface area (Å²) in [7, 11) is 0. The average molecular weight is 439 g/mol. The topological polar surface area (TPSA) is 57.7 Å². The van der Waals surface area contributed by atoms with Gasteiger partial charge < -0.3 is 4.90 Å². The normalized spacial score (nSPS) is 18.8. The van der Waals surface area contributed by atoms with E-state index in [9.17, 15) is 18.8 Å². The molecule has 0 radical (unpaired) electrons. The molecule has 2 heterocycles. The lowest BCUT2D eigenvalue weighted by molar-refractivity contribution is -0.123. The Morgan fingerprint density at radius 3 is 2.52 bits per heavy atom. The maximum absolute atomic E-state index is 13.4. The van der Waals surface area contributed by atoms with Crippen molar-refractivity contribution in [1.29, 1.82) is 0 Å². The van der Waals surface area contributed by atoms with Gasteiger partial charge in [-0.25, -0.2) is 4.39 Å². The minimum atomic E-state index is -0.409. The van der Waals surface area contributed by atoms with Crippen LogP contribution in [0.3, 0.4) is 0 Å². The van der Waals surface area contributed by atoms with Crippen LogP contribution < -0.4 is 0 Å². The molecule has 0 spiro atoms. The maximum atomic E-state index is 13.4. The summed E-state index contributed by atoms with van der Waals surface area (Å²) in [4.78, 5) is 41.0. The first kappa shape index (κ1) is 21.3.